The maximum absolute atomic E-state index is 11.0. The second-order valence-electron chi connectivity index (χ2n) is 4.07. The first-order chi connectivity index (χ1) is 6.91. The molecule has 0 unspecified atom stereocenters. The van der Waals surface area contributed by atoms with Crippen molar-refractivity contribution in [2.75, 3.05) is 19.0 Å². The minimum absolute atomic E-state index is 0.206. The highest BCUT2D eigenvalue weighted by atomic mass is 32.1. The summed E-state index contributed by atoms with van der Waals surface area (Å²) in [6.45, 7) is 4.14. The maximum atomic E-state index is 11.0. The SMILES string of the molecule is CC(C)Cc1sc(N(C)C)nc1C(=O)O. The molecule has 0 saturated heterocycles. The average molecular weight is 228 g/mol. The summed E-state index contributed by atoms with van der Waals surface area (Å²) in [5.41, 5.74) is 0.206. The normalized spacial score (nSPS) is 10.7. The summed E-state index contributed by atoms with van der Waals surface area (Å²) in [6.07, 6.45) is 0.771. The van der Waals surface area contributed by atoms with Crippen LogP contribution in [0, 0.1) is 5.92 Å². The molecule has 1 rings (SSSR count). The number of hydrogen-bond donors (Lipinski definition) is 1. The summed E-state index contributed by atoms with van der Waals surface area (Å²) >= 11 is 1.46. The third-order valence-electron chi connectivity index (χ3n) is 1.86. The van der Waals surface area contributed by atoms with Gasteiger partial charge in [-0.15, -0.1) is 11.3 Å². The van der Waals surface area contributed by atoms with Gasteiger partial charge in [-0.1, -0.05) is 13.8 Å². The van der Waals surface area contributed by atoms with Crippen LogP contribution < -0.4 is 4.90 Å². The number of rotatable bonds is 4. The summed E-state index contributed by atoms with van der Waals surface area (Å²) in [7, 11) is 3.73. The van der Waals surface area contributed by atoms with Crippen molar-refractivity contribution >= 4 is 22.4 Å². The van der Waals surface area contributed by atoms with Crippen molar-refractivity contribution in [1.29, 1.82) is 0 Å². The van der Waals surface area contributed by atoms with Gasteiger partial charge in [0.15, 0.2) is 10.8 Å². The molecule has 0 bridgehead atoms. The smallest absolute Gasteiger partial charge is 0.355 e. The van der Waals surface area contributed by atoms with Gasteiger partial charge in [-0.25, -0.2) is 9.78 Å². The van der Waals surface area contributed by atoms with Crippen LogP contribution in [0.25, 0.3) is 0 Å². The van der Waals surface area contributed by atoms with Crippen molar-refractivity contribution < 1.29 is 9.90 Å². The zero-order valence-corrected chi connectivity index (χ0v) is 10.3. The predicted octanol–water partition coefficient (Wildman–Crippen LogP) is 2.11. The van der Waals surface area contributed by atoms with Crippen LogP contribution in [0.5, 0.6) is 0 Å². The molecule has 0 fully saturated rings. The summed E-state index contributed by atoms with van der Waals surface area (Å²) in [5, 5.41) is 9.75. The molecule has 0 aliphatic heterocycles. The van der Waals surface area contributed by atoms with Crippen molar-refractivity contribution in [3.8, 4) is 0 Å². The van der Waals surface area contributed by atoms with Gasteiger partial charge in [-0.3, -0.25) is 0 Å². The Labute approximate surface area is 93.6 Å². The average Bonchev–Trinajstić information content (AvgIpc) is 2.46. The van der Waals surface area contributed by atoms with E-state index < -0.39 is 5.97 Å². The Morgan fingerprint density at radius 3 is 2.53 bits per heavy atom. The molecular weight excluding hydrogens is 212 g/mol. The Balaban J connectivity index is 3.06. The van der Waals surface area contributed by atoms with Gasteiger partial charge >= 0.3 is 5.97 Å². The van der Waals surface area contributed by atoms with Gasteiger partial charge in [0.25, 0.3) is 0 Å². The van der Waals surface area contributed by atoms with Crippen LogP contribution in [-0.4, -0.2) is 30.2 Å². The van der Waals surface area contributed by atoms with Gasteiger partial charge < -0.3 is 10.0 Å². The molecule has 0 radical (unpaired) electrons. The van der Waals surface area contributed by atoms with Crippen LogP contribution in [0.15, 0.2) is 0 Å². The lowest BCUT2D eigenvalue weighted by atomic mass is 10.1. The maximum Gasteiger partial charge on any atom is 0.355 e. The molecule has 4 nitrogen and oxygen atoms in total. The second kappa shape index (κ2) is 4.61. The number of carboxylic acid groups (broad SMARTS) is 1. The van der Waals surface area contributed by atoms with Crippen molar-refractivity contribution in [2.24, 2.45) is 5.92 Å². The first-order valence-electron chi connectivity index (χ1n) is 4.82. The minimum Gasteiger partial charge on any atom is -0.476 e. The Kier molecular flexibility index (Phi) is 3.68. The molecule has 0 aromatic carbocycles. The number of carbonyl (C=O) groups is 1. The van der Waals surface area contributed by atoms with Gasteiger partial charge in [0, 0.05) is 19.0 Å². The fourth-order valence-electron chi connectivity index (χ4n) is 1.21. The molecule has 0 aliphatic rings. The molecule has 0 spiro atoms. The van der Waals surface area contributed by atoms with E-state index in [0.717, 1.165) is 16.4 Å². The van der Waals surface area contributed by atoms with Crippen LogP contribution >= 0.6 is 11.3 Å². The number of carboxylic acids is 1. The van der Waals surface area contributed by atoms with E-state index in [1.54, 1.807) is 0 Å². The van der Waals surface area contributed by atoms with Crippen molar-refractivity contribution in [3.63, 3.8) is 0 Å². The lowest BCUT2D eigenvalue weighted by Gasteiger charge is -2.05. The summed E-state index contributed by atoms with van der Waals surface area (Å²) < 4.78 is 0. The number of thiazole rings is 1. The first kappa shape index (κ1) is 12.0. The number of nitrogens with zero attached hydrogens (tertiary/aromatic N) is 2. The molecule has 0 atom stereocenters. The quantitative estimate of drug-likeness (QED) is 0.857. The zero-order valence-electron chi connectivity index (χ0n) is 9.44. The zero-order chi connectivity index (χ0) is 11.6. The standard InChI is InChI=1S/C10H16N2O2S/c1-6(2)5-7-8(9(13)14)11-10(15-7)12(3)4/h6H,5H2,1-4H3,(H,13,14). The van der Waals surface area contributed by atoms with Crippen LogP contribution in [0.4, 0.5) is 5.13 Å². The summed E-state index contributed by atoms with van der Waals surface area (Å²) in [5.74, 6) is -0.492. The lowest BCUT2D eigenvalue weighted by molar-refractivity contribution is 0.0690. The van der Waals surface area contributed by atoms with E-state index in [0.29, 0.717) is 5.92 Å². The fraction of sp³-hybridized carbons (Fsp3) is 0.600. The van der Waals surface area contributed by atoms with Crippen LogP contribution in [0.3, 0.4) is 0 Å². The van der Waals surface area contributed by atoms with E-state index in [4.69, 9.17) is 5.11 Å². The molecule has 5 heteroatoms. The Morgan fingerprint density at radius 1 is 1.53 bits per heavy atom. The second-order valence-corrected chi connectivity index (χ2v) is 5.13. The molecule has 1 aromatic rings. The Bertz CT molecular complexity index is 358. The van der Waals surface area contributed by atoms with E-state index in [2.05, 4.69) is 18.8 Å². The predicted molar refractivity (Wildman–Crippen MR) is 61.9 cm³/mol. The number of aromatic carboxylic acids is 1. The summed E-state index contributed by atoms with van der Waals surface area (Å²) in [4.78, 5) is 17.8. The van der Waals surface area contributed by atoms with E-state index in [1.807, 2.05) is 19.0 Å². The van der Waals surface area contributed by atoms with Gasteiger partial charge in [-0.05, 0) is 12.3 Å². The third-order valence-corrected chi connectivity index (χ3v) is 3.11. The van der Waals surface area contributed by atoms with E-state index in [-0.39, 0.29) is 5.69 Å². The first-order valence-corrected chi connectivity index (χ1v) is 5.63. The van der Waals surface area contributed by atoms with Crippen molar-refractivity contribution in [2.45, 2.75) is 20.3 Å². The summed E-state index contributed by atoms with van der Waals surface area (Å²) in [6, 6.07) is 0. The highest BCUT2D eigenvalue weighted by Crippen LogP contribution is 2.27. The molecule has 1 heterocycles. The van der Waals surface area contributed by atoms with E-state index in [1.165, 1.54) is 11.3 Å². The van der Waals surface area contributed by atoms with Crippen LogP contribution in [-0.2, 0) is 6.42 Å². The molecule has 1 N–H and O–H groups in total. The molecule has 0 aliphatic carbocycles. The molecule has 84 valence electrons. The number of aromatic nitrogens is 1. The van der Waals surface area contributed by atoms with E-state index in [9.17, 15) is 4.79 Å². The van der Waals surface area contributed by atoms with Crippen molar-refractivity contribution in [3.05, 3.63) is 10.6 Å². The van der Waals surface area contributed by atoms with Gasteiger partial charge in [0.1, 0.15) is 0 Å². The number of anilines is 1. The monoisotopic (exact) mass is 228 g/mol. The van der Waals surface area contributed by atoms with Crippen LogP contribution in [0.1, 0.15) is 29.2 Å². The highest BCUT2D eigenvalue weighted by Gasteiger charge is 2.18. The van der Waals surface area contributed by atoms with Gasteiger partial charge in [0.2, 0.25) is 0 Å². The van der Waals surface area contributed by atoms with Crippen LogP contribution in [0.2, 0.25) is 0 Å². The molecule has 15 heavy (non-hydrogen) atoms. The number of hydrogen-bond acceptors (Lipinski definition) is 4. The topological polar surface area (TPSA) is 53.4 Å². The molecule has 1 aromatic heterocycles. The lowest BCUT2D eigenvalue weighted by Crippen LogP contribution is -2.09. The van der Waals surface area contributed by atoms with Gasteiger partial charge in [-0.2, -0.15) is 0 Å². The third kappa shape index (κ3) is 2.92. The molecule has 0 saturated carbocycles. The minimum atomic E-state index is -0.935. The molecule has 0 amide bonds. The largest absolute Gasteiger partial charge is 0.476 e. The Hall–Kier alpha value is -1.10. The fourth-order valence-corrected chi connectivity index (χ4v) is 2.39. The van der Waals surface area contributed by atoms with Crippen molar-refractivity contribution in [1.82, 2.24) is 4.98 Å². The highest BCUT2D eigenvalue weighted by molar-refractivity contribution is 7.15. The van der Waals surface area contributed by atoms with E-state index >= 15 is 0 Å². The molecular formula is C10H16N2O2S. The Morgan fingerprint density at radius 2 is 2.13 bits per heavy atom. The van der Waals surface area contributed by atoms with Gasteiger partial charge in [0.05, 0.1) is 0 Å².